The molecule has 1 aromatic heterocycles. The number of benzene rings is 1. The number of halogens is 1. The molecular weight excluding hydrogens is 335 g/mol. The van der Waals surface area contributed by atoms with Gasteiger partial charge >= 0.3 is 6.01 Å². The van der Waals surface area contributed by atoms with Gasteiger partial charge in [0.2, 0.25) is 11.8 Å². The van der Waals surface area contributed by atoms with Crippen LogP contribution in [0.4, 0.5) is 10.4 Å². The van der Waals surface area contributed by atoms with Gasteiger partial charge in [-0.2, -0.15) is 0 Å². The van der Waals surface area contributed by atoms with E-state index >= 15 is 0 Å². The minimum absolute atomic E-state index is 0.151. The van der Waals surface area contributed by atoms with Gasteiger partial charge in [-0.3, -0.25) is 4.79 Å². The van der Waals surface area contributed by atoms with Gasteiger partial charge in [-0.25, -0.2) is 4.39 Å². The SMILES string of the molecule is CCc1nnc(N2CCN(C(=O)C(c3ccc(F)cc3)C3CC3)CC2)o1. The first kappa shape index (κ1) is 17.0. The van der Waals surface area contributed by atoms with Crippen LogP contribution in [-0.2, 0) is 11.2 Å². The molecule has 26 heavy (non-hydrogen) atoms. The van der Waals surface area contributed by atoms with Gasteiger partial charge < -0.3 is 14.2 Å². The van der Waals surface area contributed by atoms with Crippen LogP contribution in [0.5, 0.6) is 0 Å². The quantitative estimate of drug-likeness (QED) is 0.822. The van der Waals surface area contributed by atoms with E-state index in [0.29, 0.717) is 50.4 Å². The molecule has 1 unspecified atom stereocenters. The van der Waals surface area contributed by atoms with Crippen LogP contribution in [0.1, 0.15) is 37.1 Å². The summed E-state index contributed by atoms with van der Waals surface area (Å²) in [7, 11) is 0. The topological polar surface area (TPSA) is 62.5 Å². The second kappa shape index (κ2) is 7.05. The van der Waals surface area contributed by atoms with E-state index in [1.165, 1.54) is 12.1 Å². The predicted molar refractivity (Wildman–Crippen MR) is 94.3 cm³/mol. The summed E-state index contributed by atoms with van der Waals surface area (Å²) in [6.45, 7) is 4.59. The lowest BCUT2D eigenvalue weighted by atomic mass is 9.92. The number of piperazine rings is 1. The number of carbonyl (C=O) groups is 1. The normalized spacial score (nSPS) is 18.8. The Hall–Kier alpha value is -2.44. The number of amides is 1. The molecule has 4 rings (SSSR count). The molecule has 7 heteroatoms. The summed E-state index contributed by atoms with van der Waals surface area (Å²) in [5, 5.41) is 8.08. The minimum Gasteiger partial charge on any atom is -0.408 e. The highest BCUT2D eigenvalue weighted by Crippen LogP contribution is 2.43. The highest BCUT2D eigenvalue weighted by Gasteiger charge is 2.40. The van der Waals surface area contributed by atoms with E-state index in [9.17, 15) is 9.18 Å². The first-order valence-electron chi connectivity index (χ1n) is 9.27. The molecule has 0 bridgehead atoms. The van der Waals surface area contributed by atoms with Gasteiger partial charge in [-0.15, -0.1) is 5.10 Å². The Bertz CT molecular complexity index is 764. The Balaban J connectivity index is 1.42. The van der Waals surface area contributed by atoms with Crippen LogP contribution in [0.25, 0.3) is 0 Å². The van der Waals surface area contributed by atoms with Crippen LogP contribution in [0.2, 0.25) is 0 Å². The fraction of sp³-hybridized carbons (Fsp3) is 0.526. The summed E-state index contributed by atoms with van der Waals surface area (Å²) in [6.07, 6.45) is 2.84. The number of hydrogen-bond acceptors (Lipinski definition) is 5. The minimum atomic E-state index is -0.268. The molecule has 1 atom stereocenters. The number of aromatic nitrogens is 2. The second-order valence-electron chi connectivity index (χ2n) is 7.01. The zero-order valence-corrected chi connectivity index (χ0v) is 14.9. The number of anilines is 1. The molecule has 0 spiro atoms. The zero-order chi connectivity index (χ0) is 18.1. The third-order valence-electron chi connectivity index (χ3n) is 5.21. The number of carbonyl (C=O) groups excluding carboxylic acids is 1. The standard InChI is InChI=1S/C19H23FN4O2/c1-2-16-21-22-19(26-16)24-11-9-23(10-12-24)18(25)17(13-3-4-13)14-5-7-15(20)8-6-14/h5-8,13,17H,2-4,9-12H2,1H3. The lowest BCUT2D eigenvalue weighted by Crippen LogP contribution is -2.50. The van der Waals surface area contributed by atoms with Crippen molar-refractivity contribution in [2.75, 3.05) is 31.1 Å². The molecule has 2 aliphatic rings. The largest absolute Gasteiger partial charge is 0.408 e. The number of hydrogen-bond donors (Lipinski definition) is 0. The highest BCUT2D eigenvalue weighted by molar-refractivity contribution is 5.84. The van der Waals surface area contributed by atoms with E-state index in [-0.39, 0.29) is 17.6 Å². The van der Waals surface area contributed by atoms with Crippen LogP contribution in [-0.4, -0.2) is 47.2 Å². The average Bonchev–Trinajstić information content (AvgIpc) is 3.38. The molecule has 2 aromatic rings. The first-order chi connectivity index (χ1) is 12.7. The molecule has 2 fully saturated rings. The Morgan fingerprint density at radius 1 is 1.19 bits per heavy atom. The molecule has 1 aliphatic heterocycles. The lowest BCUT2D eigenvalue weighted by Gasteiger charge is -2.35. The lowest BCUT2D eigenvalue weighted by molar-refractivity contribution is -0.133. The van der Waals surface area contributed by atoms with Crippen LogP contribution in [0.3, 0.4) is 0 Å². The number of nitrogens with zero attached hydrogens (tertiary/aromatic N) is 4. The molecule has 1 aliphatic carbocycles. The zero-order valence-electron chi connectivity index (χ0n) is 14.9. The van der Waals surface area contributed by atoms with Crippen molar-refractivity contribution in [3.8, 4) is 0 Å². The van der Waals surface area contributed by atoms with E-state index in [1.54, 1.807) is 12.1 Å². The van der Waals surface area contributed by atoms with Crippen molar-refractivity contribution < 1.29 is 13.6 Å². The van der Waals surface area contributed by atoms with Gasteiger partial charge in [-0.1, -0.05) is 24.2 Å². The predicted octanol–water partition coefficient (Wildman–Crippen LogP) is 2.61. The summed E-state index contributed by atoms with van der Waals surface area (Å²) in [6, 6.07) is 6.91. The first-order valence-corrected chi connectivity index (χ1v) is 9.27. The number of aryl methyl sites for hydroxylation is 1. The van der Waals surface area contributed by atoms with Crippen molar-refractivity contribution in [3.63, 3.8) is 0 Å². The van der Waals surface area contributed by atoms with Gasteiger partial charge in [0, 0.05) is 32.6 Å². The van der Waals surface area contributed by atoms with Crippen molar-refractivity contribution in [3.05, 3.63) is 41.5 Å². The molecule has 1 saturated carbocycles. The number of rotatable bonds is 5. The smallest absolute Gasteiger partial charge is 0.318 e. The van der Waals surface area contributed by atoms with E-state index < -0.39 is 0 Å². The van der Waals surface area contributed by atoms with Crippen molar-refractivity contribution in [1.82, 2.24) is 15.1 Å². The van der Waals surface area contributed by atoms with E-state index in [2.05, 4.69) is 10.2 Å². The van der Waals surface area contributed by atoms with Gasteiger partial charge in [0.25, 0.3) is 0 Å². The molecule has 1 aromatic carbocycles. The van der Waals surface area contributed by atoms with Crippen molar-refractivity contribution >= 4 is 11.9 Å². The van der Waals surface area contributed by atoms with Gasteiger partial charge in [0.15, 0.2) is 0 Å². The maximum atomic E-state index is 13.2. The Kier molecular flexibility index (Phi) is 4.61. The Morgan fingerprint density at radius 2 is 1.88 bits per heavy atom. The molecule has 138 valence electrons. The van der Waals surface area contributed by atoms with Crippen LogP contribution < -0.4 is 4.90 Å². The molecule has 6 nitrogen and oxygen atoms in total. The maximum Gasteiger partial charge on any atom is 0.318 e. The third kappa shape index (κ3) is 3.43. The monoisotopic (exact) mass is 358 g/mol. The van der Waals surface area contributed by atoms with Crippen molar-refractivity contribution in [2.24, 2.45) is 5.92 Å². The van der Waals surface area contributed by atoms with Gasteiger partial charge in [0.05, 0.1) is 5.92 Å². The van der Waals surface area contributed by atoms with Crippen LogP contribution in [0.15, 0.2) is 28.7 Å². The molecule has 2 heterocycles. The van der Waals surface area contributed by atoms with Gasteiger partial charge in [-0.05, 0) is 36.5 Å². The van der Waals surface area contributed by atoms with Crippen molar-refractivity contribution in [2.45, 2.75) is 32.1 Å². The summed E-state index contributed by atoms with van der Waals surface area (Å²) < 4.78 is 18.8. The molecule has 0 radical (unpaired) electrons. The van der Waals surface area contributed by atoms with Crippen LogP contribution in [0, 0.1) is 11.7 Å². The molecule has 0 N–H and O–H groups in total. The van der Waals surface area contributed by atoms with Gasteiger partial charge in [0.1, 0.15) is 5.82 Å². The Morgan fingerprint density at radius 3 is 2.46 bits per heavy atom. The summed E-state index contributed by atoms with van der Waals surface area (Å²) in [5.74, 6) is 0.740. The summed E-state index contributed by atoms with van der Waals surface area (Å²) >= 11 is 0. The highest BCUT2D eigenvalue weighted by atomic mass is 19.1. The molecule has 1 amide bonds. The third-order valence-corrected chi connectivity index (χ3v) is 5.21. The van der Waals surface area contributed by atoms with E-state index in [0.717, 1.165) is 18.4 Å². The fourth-order valence-corrected chi connectivity index (χ4v) is 3.55. The van der Waals surface area contributed by atoms with E-state index in [1.807, 2.05) is 16.7 Å². The molecular formula is C19H23FN4O2. The van der Waals surface area contributed by atoms with Crippen LogP contribution >= 0.6 is 0 Å². The maximum absolute atomic E-state index is 13.2. The van der Waals surface area contributed by atoms with E-state index in [4.69, 9.17) is 4.42 Å². The average molecular weight is 358 g/mol. The Labute approximate surface area is 152 Å². The second-order valence-corrected chi connectivity index (χ2v) is 7.01. The molecule has 1 saturated heterocycles. The summed E-state index contributed by atoms with van der Waals surface area (Å²) in [5.41, 5.74) is 0.922. The fourth-order valence-electron chi connectivity index (χ4n) is 3.55. The van der Waals surface area contributed by atoms with Crippen molar-refractivity contribution in [1.29, 1.82) is 0 Å². The summed E-state index contributed by atoms with van der Waals surface area (Å²) in [4.78, 5) is 17.1.